The number of ether oxygens (including phenoxy) is 1. The molecule has 0 saturated carbocycles. The van der Waals surface area contributed by atoms with Crippen LogP contribution in [-0.4, -0.2) is 43.7 Å². The van der Waals surface area contributed by atoms with Crippen molar-refractivity contribution in [2.75, 3.05) is 32.8 Å². The molecule has 15 heavy (non-hydrogen) atoms. The molecule has 1 heterocycles. The van der Waals surface area contributed by atoms with Crippen LogP contribution in [0, 0.1) is 11.8 Å². The van der Waals surface area contributed by atoms with Gasteiger partial charge in [-0.05, 0) is 12.8 Å². The standard InChI is InChI=1S/C11H22N2O2/c1-3-15-8-10-7-13(6-9(10)2)11(14)4-5-12/h9-10H,3-8,12H2,1-2H3/t9-,10-/m0/s1. The van der Waals surface area contributed by atoms with Gasteiger partial charge in [-0.2, -0.15) is 0 Å². The lowest BCUT2D eigenvalue weighted by Crippen LogP contribution is -2.30. The van der Waals surface area contributed by atoms with Crippen LogP contribution in [0.4, 0.5) is 0 Å². The third kappa shape index (κ3) is 3.47. The van der Waals surface area contributed by atoms with Gasteiger partial charge in [-0.3, -0.25) is 4.79 Å². The molecule has 0 aromatic rings. The predicted molar refractivity (Wildman–Crippen MR) is 59.4 cm³/mol. The van der Waals surface area contributed by atoms with Crippen LogP contribution in [-0.2, 0) is 9.53 Å². The van der Waals surface area contributed by atoms with Crippen molar-refractivity contribution in [1.29, 1.82) is 0 Å². The lowest BCUT2D eigenvalue weighted by Gasteiger charge is -2.15. The molecule has 2 atom stereocenters. The summed E-state index contributed by atoms with van der Waals surface area (Å²) in [6.45, 7) is 7.83. The molecule has 1 aliphatic rings. The van der Waals surface area contributed by atoms with E-state index in [1.54, 1.807) is 0 Å². The van der Waals surface area contributed by atoms with E-state index in [1.807, 2.05) is 11.8 Å². The highest BCUT2D eigenvalue weighted by molar-refractivity contribution is 5.76. The van der Waals surface area contributed by atoms with Crippen LogP contribution < -0.4 is 5.73 Å². The van der Waals surface area contributed by atoms with Crippen LogP contribution >= 0.6 is 0 Å². The Balaban J connectivity index is 2.37. The van der Waals surface area contributed by atoms with Crippen LogP contribution in [0.2, 0.25) is 0 Å². The topological polar surface area (TPSA) is 55.6 Å². The van der Waals surface area contributed by atoms with E-state index < -0.39 is 0 Å². The van der Waals surface area contributed by atoms with Gasteiger partial charge in [0, 0.05) is 38.6 Å². The van der Waals surface area contributed by atoms with Crippen molar-refractivity contribution in [2.24, 2.45) is 17.6 Å². The Morgan fingerprint density at radius 1 is 1.53 bits per heavy atom. The number of nitrogens with two attached hydrogens (primary N) is 1. The molecule has 1 aliphatic heterocycles. The molecule has 4 heteroatoms. The number of rotatable bonds is 5. The second-order valence-electron chi connectivity index (χ2n) is 4.23. The lowest BCUT2D eigenvalue weighted by atomic mass is 9.99. The SMILES string of the molecule is CCOC[C@@H]1CN(C(=O)CCN)C[C@@H]1C. The maximum absolute atomic E-state index is 11.6. The fourth-order valence-electron chi connectivity index (χ4n) is 2.01. The summed E-state index contributed by atoms with van der Waals surface area (Å²) in [5.74, 6) is 1.22. The Bertz CT molecular complexity index is 209. The van der Waals surface area contributed by atoms with Crippen molar-refractivity contribution < 1.29 is 9.53 Å². The highest BCUT2D eigenvalue weighted by atomic mass is 16.5. The summed E-state index contributed by atoms with van der Waals surface area (Å²) in [6.07, 6.45) is 0.466. The van der Waals surface area contributed by atoms with Gasteiger partial charge in [0.15, 0.2) is 0 Å². The Kier molecular flexibility index (Phi) is 5.05. The number of carbonyl (C=O) groups excluding carboxylic acids is 1. The van der Waals surface area contributed by atoms with Gasteiger partial charge >= 0.3 is 0 Å². The minimum atomic E-state index is 0.184. The van der Waals surface area contributed by atoms with Gasteiger partial charge in [-0.25, -0.2) is 0 Å². The van der Waals surface area contributed by atoms with Gasteiger partial charge in [0.1, 0.15) is 0 Å². The number of amides is 1. The van der Waals surface area contributed by atoms with Gasteiger partial charge in [-0.1, -0.05) is 6.92 Å². The molecule has 0 radical (unpaired) electrons. The van der Waals surface area contributed by atoms with E-state index >= 15 is 0 Å². The molecule has 0 bridgehead atoms. The Labute approximate surface area is 91.8 Å². The molecule has 1 fully saturated rings. The number of carbonyl (C=O) groups is 1. The Hall–Kier alpha value is -0.610. The predicted octanol–water partition coefficient (Wildman–Crippen LogP) is 0.466. The molecule has 2 N–H and O–H groups in total. The summed E-state index contributed by atoms with van der Waals surface area (Å²) >= 11 is 0. The average Bonchev–Trinajstić information content (AvgIpc) is 2.57. The summed E-state index contributed by atoms with van der Waals surface area (Å²) in [7, 11) is 0. The first-order chi connectivity index (χ1) is 7.19. The summed E-state index contributed by atoms with van der Waals surface area (Å²) in [5.41, 5.74) is 5.37. The zero-order valence-electron chi connectivity index (χ0n) is 9.74. The Morgan fingerprint density at radius 2 is 2.27 bits per heavy atom. The van der Waals surface area contributed by atoms with Gasteiger partial charge < -0.3 is 15.4 Å². The summed E-state index contributed by atoms with van der Waals surface area (Å²) < 4.78 is 5.41. The van der Waals surface area contributed by atoms with E-state index in [-0.39, 0.29) is 5.91 Å². The van der Waals surface area contributed by atoms with E-state index in [0.717, 1.165) is 26.3 Å². The first-order valence-corrected chi connectivity index (χ1v) is 5.74. The van der Waals surface area contributed by atoms with E-state index in [4.69, 9.17) is 10.5 Å². The summed E-state index contributed by atoms with van der Waals surface area (Å²) in [6, 6.07) is 0. The molecule has 0 aliphatic carbocycles. The number of nitrogens with zero attached hydrogens (tertiary/aromatic N) is 1. The van der Waals surface area contributed by atoms with Gasteiger partial charge in [-0.15, -0.1) is 0 Å². The summed E-state index contributed by atoms with van der Waals surface area (Å²) in [4.78, 5) is 13.5. The van der Waals surface area contributed by atoms with Crippen LogP contribution in [0.15, 0.2) is 0 Å². The highest BCUT2D eigenvalue weighted by Gasteiger charge is 2.31. The smallest absolute Gasteiger partial charge is 0.223 e. The van der Waals surface area contributed by atoms with Crippen molar-refractivity contribution >= 4 is 5.91 Å². The normalized spacial score (nSPS) is 25.9. The molecule has 88 valence electrons. The minimum Gasteiger partial charge on any atom is -0.381 e. The zero-order chi connectivity index (χ0) is 11.3. The zero-order valence-corrected chi connectivity index (χ0v) is 9.74. The maximum Gasteiger partial charge on any atom is 0.223 e. The number of hydrogen-bond donors (Lipinski definition) is 1. The molecular weight excluding hydrogens is 192 g/mol. The largest absolute Gasteiger partial charge is 0.381 e. The molecule has 0 aromatic heterocycles. The van der Waals surface area contributed by atoms with Gasteiger partial charge in [0.2, 0.25) is 5.91 Å². The maximum atomic E-state index is 11.6. The monoisotopic (exact) mass is 214 g/mol. The quantitative estimate of drug-likeness (QED) is 0.723. The van der Waals surface area contributed by atoms with Crippen LogP contribution in [0.3, 0.4) is 0 Å². The molecule has 4 nitrogen and oxygen atoms in total. The van der Waals surface area contributed by atoms with Crippen LogP contribution in [0.25, 0.3) is 0 Å². The van der Waals surface area contributed by atoms with E-state index in [1.165, 1.54) is 0 Å². The van der Waals surface area contributed by atoms with Crippen molar-refractivity contribution in [1.82, 2.24) is 4.90 Å². The number of likely N-dealkylation sites (tertiary alicyclic amines) is 1. The van der Waals surface area contributed by atoms with E-state index in [9.17, 15) is 4.79 Å². The van der Waals surface area contributed by atoms with Crippen molar-refractivity contribution in [3.8, 4) is 0 Å². The molecule has 1 rings (SSSR count). The fourth-order valence-corrected chi connectivity index (χ4v) is 2.01. The van der Waals surface area contributed by atoms with Gasteiger partial charge in [0.25, 0.3) is 0 Å². The van der Waals surface area contributed by atoms with Crippen molar-refractivity contribution in [3.05, 3.63) is 0 Å². The molecule has 0 aromatic carbocycles. The molecule has 1 saturated heterocycles. The number of hydrogen-bond acceptors (Lipinski definition) is 3. The van der Waals surface area contributed by atoms with Gasteiger partial charge in [0.05, 0.1) is 6.61 Å². The second kappa shape index (κ2) is 6.08. The summed E-state index contributed by atoms with van der Waals surface area (Å²) in [5, 5.41) is 0. The first kappa shape index (κ1) is 12.5. The molecular formula is C11H22N2O2. The lowest BCUT2D eigenvalue weighted by molar-refractivity contribution is -0.130. The minimum absolute atomic E-state index is 0.184. The van der Waals surface area contributed by atoms with Crippen LogP contribution in [0.5, 0.6) is 0 Å². The van der Waals surface area contributed by atoms with E-state index in [0.29, 0.717) is 24.8 Å². The molecule has 0 unspecified atom stereocenters. The van der Waals surface area contributed by atoms with E-state index in [2.05, 4.69) is 6.92 Å². The van der Waals surface area contributed by atoms with Crippen molar-refractivity contribution in [2.45, 2.75) is 20.3 Å². The van der Waals surface area contributed by atoms with Crippen molar-refractivity contribution in [3.63, 3.8) is 0 Å². The third-order valence-electron chi connectivity index (χ3n) is 3.01. The molecule has 0 spiro atoms. The fraction of sp³-hybridized carbons (Fsp3) is 0.909. The van der Waals surface area contributed by atoms with Crippen LogP contribution in [0.1, 0.15) is 20.3 Å². The third-order valence-corrected chi connectivity index (χ3v) is 3.01. The first-order valence-electron chi connectivity index (χ1n) is 5.74. The average molecular weight is 214 g/mol. The Morgan fingerprint density at radius 3 is 2.87 bits per heavy atom. The molecule has 1 amide bonds. The second-order valence-corrected chi connectivity index (χ2v) is 4.23. The highest BCUT2D eigenvalue weighted by Crippen LogP contribution is 2.23.